The highest BCUT2D eigenvalue weighted by Gasteiger charge is 2.05. The molecule has 4 heteroatoms. The van der Waals surface area contributed by atoms with E-state index in [1.807, 2.05) is 12.1 Å². The number of urea groups is 1. The third-order valence-corrected chi connectivity index (χ3v) is 2.24. The molecule has 1 aromatic rings. The van der Waals surface area contributed by atoms with Crippen LogP contribution in [0.15, 0.2) is 18.3 Å². The summed E-state index contributed by atoms with van der Waals surface area (Å²) in [5, 5.41) is 0. The topological polar surface area (TPSA) is 59.2 Å². The van der Waals surface area contributed by atoms with Crippen molar-refractivity contribution in [3.63, 3.8) is 0 Å². The number of amides is 2. The Balaban J connectivity index is 2.68. The quantitative estimate of drug-likeness (QED) is 0.820. The van der Waals surface area contributed by atoms with Crippen molar-refractivity contribution < 1.29 is 4.79 Å². The largest absolute Gasteiger partial charge is 0.351 e. The van der Waals surface area contributed by atoms with Crippen molar-refractivity contribution in [2.45, 2.75) is 26.3 Å². The molecule has 0 aliphatic heterocycles. The highest BCUT2D eigenvalue weighted by atomic mass is 16.2. The minimum absolute atomic E-state index is 0.424. The first kappa shape index (κ1) is 11.5. The van der Waals surface area contributed by atoms with Crippen LogP contribution in [0.25, 0.3) is 0 Å². The van der Waals surface area contributed by atoms with Crippen LogP contribution in [0, 0.1) is 0 Å². The summed E-state index contributed by atoms with van der Waals surface area (Å²) in [5.41, 5.74) is 7.17. The zero-order chi connectivity index (χ0) is 11.4. The Bertz CT molecular complexity index is 332. The monoisotopic (exact) mass is 207 g/mol. The lowest BCUT2D eigenvalue weighted by molar-refractivity contribution is 0.216. The van der Waals surface area contributed by atoms with E-state index in [1.54, 1.807) is 13.2 Å². The van der Waals surface area contributed by atoms with Gasteiger partial charge in [0.05, 0.1) is 0 Å². The maximum absolute atomic E-state index is 10.8. The molecule has 4 nitrogen and oxygen atoms in total. The number of hydrogen-bond donors (Lipinski definition) is 1. The van der Waals surface area contributed by atoms with E-state index < -0.39 is 6.03 Å². The van der Waals surface area contributed by atoms with Gasteiger partial charge in [-0.2, -0.15) is 0 Å². The van der Waals surface area contributed by atoms with Crippen LogP contribution in [0.4, 0.5) is 4.79 Å². The number of primary amides is 1. The van der Waals surface area contributed by atoms with Gasteiger partial charge in [-0.3, -0.25) is 4.98 Å². The molecule has 0 atom stereocenters. The second kappa shape index (κ2) is 4.77. The van der Waals surface area contributed by atoms with Crippen LogP contribution in [0.1, 0.15) is 31.0 Å². The molecule has 2 amide bonds. The van der Waals surface area contributed by atoms with Gasteiger partial charge in [0, 0.05) is 25.5 Å². The Morgan fingerprint density at radius 2 is 2.20 bits per heavy atom. The molecule has 0 aliphatic carbocycles. The number of nitrogens with two attached hydrogens (primary N) is 1. The van der Waals surface area contributed by atoms with Gasteiger partial charge in [-0.05, 0) is 17.5 Å². The Kier molecular flexibility index (Phi) is 3.66. The molecule has 0 saturated heterocycles. The van der Waals surface area contributed by atoms with Crippen LogP contribution in [-0.4, -0.2) is 23.0 Å². The van der Waals surface area contributed by atoms with E-state index in [9.17, 15) is 4.79 Å². The van der Waals surface area contributed by atoms with Crippen LogP contribution in [-0.2, 0) is 6.54 Å². The third kappa shape index (κ3) is 3.23. The maximum Gasteiger partial charge on any atom is 0.314 e. The minimum atomic E-state index is -0.428. The lowest BCUT2D eigenvalue weighted by Crippen LogP contribution is -2.31. The van der Waals surface area contributed by atoms with Crippen molar-refractivity contribution in [2.75, 3.05) is 7.05 Å². The van der Waals surface area contributed by atoms with Crippen LogP contribution >= 0.6 is 0 Å². The van der Waals surface area contributed by atoms with Crippen molar-refractivity contribution in [3.05, 3.63) is 29.6 Å². The van der Waals surface area contributed by atoms with E-state index in [-0.39, 0.29) is 0 Å². The molecule has 82 valence electrons. The number of pyridine rings is 1. The van der Waals surface area contributed by atoms with Gasteiger partial charge in [0.1, 0.15) is 0 Å². The Hall–Kier alpha value is -1.58. The predicted octanol–water partition coefficient (Wildman–Crippen LogP) is 1.72. The summed E-state index contributed by atoms with van der Waals surface area (Å²) in [4.78, 5) is 16.6. The summed E-state index contributed by atoms with van der Waals surface area (Å²) in [6.07, 6.45) is 1.79. The number of aromatic nitrogens is 1. The third-order valence-electron chi connectivity index (χ3n) is 2.24. The molecule has 1 aromatic heterocycles. The van der Waals surface area contributed by atoms with Crippen LogP contribution in [0.2, 0.25) is 0 Å². The van der Waals surface area contributed by atoms with Crippen LogP contribution in [0.5, 0.6) is 0 Å². The molecule has 0 bridgehead atoms. The first-order chi connectivity index (χ1) is 7.00. The lowest BCUT2D eigenvalue weighted by atomic mass is 10.1. The van der Waals surface area contributed by atoms with Gasteiger partial charge in [-0.25, -0.2) is 4.79 Å². The summed E-state index contributed by atoms with van der Waals surface area (Å²) in [7, 11) is 1.67. The summed E-state index contributed by atoms with van der Waals surface area (Å²) >= 11 is 0. The fraction of sp³-hybridized carbons (Fsp3) is 0.455. The second-order valence-electron chi connectivity index (χ2n) is 3.94. The molecule has 0 spiro atoms. The zero-order valence-electron chi connectivity index (χ0n) is 9.40. The van der Waals surface area contributed by atoms with Gasteiger partial charge in [-0.1, -0.05) is 19.9 Å². The van der Waals surface area contributed by atoms with E-state index in [4.69, 9.17) is 5.73 Å². The number of rotatable bonds is 3. The van der Waals surface area contributed by atoms with Crippen molar-refractivity contribution in [1.29, 1.82) is 0 Å². The van der Waals surface area contributed by atoms with E-state index in [0.29, 0.717) is 12.5 Å². The second-order valence-corrected chi connectivity index (χ2v) is 3.94. The van der Waals surface area contributed by atoms with Gasteiger partial charge < -0.3 is 10.6 Å². The van der Waals surface area contributed by atoms with Gasteiger partial charge in [0.15, 0.2) is 0 Å². The minimum Gasteiger partial charge on any atom is -0.351 e. The average molecular weight is 207 g/mol. The van der Waals surface area contributed by atoms with E-state index in [0.717, 1.165) is 11.3 Å². The predicted molar refractivity (Wildman–Crippen MR) is 59.4 cm³/mol. The van der Waals surface area contributed by atoms with E-state index in [1.165, 1.54) is 4.90 Å². The van der Waals surface area contributed by atoms with Crippen molar-refractivity contribution in [1.82, 2.24) is 9.88 Å². The average Bonchev–Trinajstić information content (AvgIpc) is 2.18. The molecule has 1 heterocycles. The fourth-order valence-corrected chi connectivity index (χ4v) is 1.22. The number of carbonyl (C=O) groups excluding carboxylic acids is 1. The first-order valence-corrected chi connectivity index (χ1v) is 4.96. The van der Waals surface area contributed by atoms with Gasteiger partial charge in [-0.15, -0.1) is 0 Å². The Morgan fingerprint density at radius 1 is 1.53 bits per heavy atom. The normalized spacial score (nSPS) is 10.4. The summed E-state index contributed by atoms with van der Waals surface area (Å²) in [5.74, 6) is 0.424. The maximum atomic E-state index is 10.8. The van der Waals surface area contributed by atoms with Crippen LogP contribution < -0.4 is 5.73 Å². The van der Waals surface area contributed by atoms with Gasteiger partial charge >= 0.3 is 6.03 Å². The molecule has 0 fully saturated rings. The summed E-state index contributed by atoms with van der Waals surface area (Å²) in [6.45, 7) is 4.69. The molecule has 0 aliphatic rings. The molecule has 2 N–H and O–H groups in total. The molecular weight excluding hydrogens is 190 g/mol. The van der Waals surface area contributed by atoms with Crippen molar-refractivity contribution in [2.24, 2.45) is 5.73 Å². The summed E-state index contributed by atoms with van der Waals surface area (Å²) < 4.78 is 0. The first-order valence-electron chi connectivity index (χ1n) is 4.96. The van der Waals surface area contributed by atoms with Gasteiger partial charge in [0.25, 0.3) is 0 Å². The molecule has 0 radical (unpaired) electrons. The number of nitrogens with zero attached hydrogens (tertiary/aromatic N) is 2. The molecule has 0 aromatic carbocycles. The van der Waals surface area contributed by atoms with Gasteiger partial charge in [0.2, 0.25) is 0 Å². The smallest absolute Gasteiger partial charge is 0.314 e. The van der Waals surface area contributed by atoms with E-state index in [2.05, 4.69) is 18.8 Å². The SMILES string of the molecule is CC(C)c1ccc(CN(C)C(N)=O)cn1. The van der Waals surface area contributed by atoms with Crippen molar-refractivity contribution in [3.8, 4) is 0 Å². The molecule has 15 heavy (non-hydrogen) atoms. The Labute approximate surface area is 90.1 Å². The highest BCUT2D eigenvalue weighted by Crippen LogP contribution is 2.11. The van der Waals surface area contributed by atoms with E-state index >= 15 is 0 Å². The number of carbonyl (C=O) groups is 1. The summed E-state index contributed by atoms with van der Waals surface area (Å²) in [6, 6.07) is 3.53. The fourth-order valence-electron chi connectivity index (χ4n) is 1.22. The molecular formula is C11H17N3O. The highest BCUT2D eigenvalue weighted by molar-refractivity contribution is 5.71. The molecule has 1 rings (SSSR count). The molecule has 0 saturated carbocycles. The Morgan fingerprint density at radius 3 is 2.60 bits per heavy atom. The van der Waals surface area contributed by atoms with Crippen LogP contribution in [0.3, 0.4) is 0 Å². The zero-order valence-corrected chi connectivity index (χ0v) is 9.40. The van der Waals surface area contributed by atoms with Crippen molar-refractivity contribution >= 4 is 6.03 Å². The number of hydrogen-bond acceptors (Lipinski definition) is 2. The standard InChI is InChI=1S/C11H17N3O/c1-8(2)10-5-4-9(6-13-10)7-14(3)11(12)15/h4-6,8H,7H2,1-3H3,(H2,12,15). The molecule has 0 unspecified atom stereocenters. The lowest BCUT2D eigenvalue weighted by Gasteiger charge is -2.14.